The zero-order valence-electron chi connectivity index (χ0n) is 33.4. The fourth-order valence-electron chi connectivity index (χ4n) is 9.81. The molecule has 0 bridgehead atoms. The number of rotatable bonds is 5. The normalized spacial score (nSPS) is 11.9. The Morgan fingerprint density at radius 3 is 1.23 bits per heavy atom. The van der Waals surface area contributed by atoms with E-state index in [1.54, 1.807) is 0 Å². The van der Waals surface area contributed by atoms with Crippen LogP contribution in [0, 0.1) is 0 Å². The molecule has 3 heterocycles. The Hall–Kier alpha value is -8.41. The highest BCUT2D eigenvalue weighted by Gasteiger charge is 2.22. The van der Waals surface area contributed by atoms with Crippen molar-refractivity contribution in [1.29, 1.82) is 0 Å². The minimum Gasteiger partial charge on any atom is -0.309 e. The van der Waals surface area contributed by atoms with Crippen LogP contribution < -0.4 is 0 Å². The minimum atomic E-state index is 0.618. The summed E-state index contributed by atoms with van der Waals surface area (Å²) in [5, 5.41) is 12.0. The number of aromatic nitrogens is 5. The Kier molecular flexibility index (Phi) is 7.54. The predicted octanol–water partition coefficient (Wildman–Crippen LogP) is 14.5. The summed E-state index contributed by atoms with van der Waals surface area (Å²) >= 11 is 0. The van der Waals surface area contributed by atoms with Crippen LogP contribution in [0.2, 0.25) is 0 Å². The van der Waals surface area contributed by atoms with Crippen molar-refractivity contribution in [3.8, 4) is 45.5 Å². The van der Waals surface area contributed by atoms with Crippen LogP contribution in [0.5, 0.6) is 0 Å². The van der Waals surface area contributed by atoms with Gasteiger partial charge in [0.2, 0.25) is 0 Å². The second-order valence-electron chi connectivity index (χ2n) is 16.0. The van der Waals surface area contributed by atoms with E-state index >= 15 is 0 Å². The van der Waals surface area contributed by atoms with Crippen LogP contribution in [0.15, 0.2) is 212 Å². The Labute approximate surface area is 356 Å². The van der Waals surface area contributed by atoms with E-state index in [0.717, 1.165) is 44.5 Å². The summed E-state index contributed by atoms with van der Waals surface area (Å²) in [6.07, 6.45) is 0. The molecule has 0 unspecified atom stereocenters. The summed E-state index contributed by atoms with van der Waals surface area (Å²) in [5.74, 6) is 1.88. The zero-order chi connectivity index (χ0) is 40.7. The molecule has 0 spiro atoms. The molecule has 0 aliphatic rings. The molecule has 0 saturated carbocycles. The lowest BCUT2D eigenvalue weighted by Gasteiger charge is -2.18. The maximum atomic E-state index is 5.25. The first kappa shape index (κ1) is 34.5. The highest BCUT2D eigenvalue weighted by Crippen LogP contribution is 2.44. The average molecular weight is 790 g/mol. The Morgan fingerprint density at radius 1 is 0.258 bits per heavy atom. The molecule has 10 aromatic carbocycles. The Balaban J connectivity index is 1.15. The highest BCUT2D eigenvalue weighted by atomic mass is 15.0. The number of benzene rings is 10. The van der Waals surface area contributed by atoms with Gasteiger partial charge in [-0.15, -0.1) is 0 Å². The molecular weight excluding hydrogens is 755 g/mol. The second kappa shape index (κ2) is 13.6. The van der Waals surface area contributed by atoms with Gasteiger partial charge in [-0.2, -0.15) is 0 Å². The standard InChI is InChI=1S/C57H35N5/c1-3-17-36(18-4-1)55-58-56(37-19-5-2-6-20-37)60-57(59-55)38-33-48-42-23-8-7-21-40(42)41-22-9-10-27-46(41)54(48)53(34-38)62-51-30-16-13-26-45(51)47-35-39(31-32-52(47)62)61-49-28-14-11-24-43(49)44-25-12-15-29-50(44)61/h1-35H. The van der Waals surface area contributed by atoms with Gasteiger partial charge in [-0.25, -0.2) is 15.0 Å². The molecule has 0 amide bonds. The molecule has 5 nitrogen and oxygen atoms in total. The van der Waals surface area contributed by atoms with Gasteiger partial charge in [-0.1, -0.05) is 164 Å². The van der Waals surface area contributed by atoms with Gasteiger partial charge >= 0.3 is 0 Å². The largest absolute Gasteiger partial charge is 0.309 e. The second-order valence-corrected chi connectivity index (χ2v) is 16.0. The quantitative estimate of drug-likeness (QED) is 0.163. The Bertz CT molecular complexity index is 3810. The molecule has 13 aromatic rings. The van der Waals surface area contributed by atoms with E-state index in [0.29, 0.717) is 17.5 Å². The first-order chi connectivity index (χ1) is 30.8. The van der Waals surface area contributed by atoms with Crippen LogP contribution >= 0.6 is 0 Å². The number of hydrogen-bond acceptors (Lipinski definition) is 3. The summed E-state index contributed by atoms with van der Waals surface area (Å²) in [6.45, 7) is 0. The summed E-state index contributed by atoms with van der Waals surface area (Å²) < 4.78 is 4.87. The molecule has 0 radical (unpaired) electrons. The third-order valence-electron chi connectivity index (χ3n) is 12.5. The van der Waals surface area contributed by atoms with Gasteiger partial charge in [0.05, 0.1) is 27.8 Å². The van der Waals surface area contributed by atoms with E-state index in [-0.39, 0.29) is 0 Å². The van der Waals surface area contributed by atoms with Crippen molar-refractivity contribution in [3.05, 3.63) is 212 Å². The molecule has 0 atom stereocenters. The van der Waals surface area contributed by atoms with E-state index in [4.69, 9.17) is 15.0 Å². The van der Waals surface area contributed by atoms with Gasteiger partial charge in [-0.3, -0.25) is 0 Å². The van der Waals surface area contributed by atoms with Crippen molar-refractivity contribution in [3.63, 3.8) is 0 Å². The molecule has 0 N–H and O–H groups in total. The van der Waals surface area contributed by atoms with Gasteiger partial charge in [0.1, 0.15) is 0 Å². The lowest BCUT2D eigenvalue weighted by Crippen LogP contribution is -2.02. The van der Waals surface area contributed by atoms with Gasteiger partial charge in [0.15, 0.2) is 17.5 Å². The van der Waals surface area contributed by atoms with Crippen LogP contribution in [0.1, 0.15) is 0 Å². The first-order valence-electron chi connectivity index (χ1n) is 21.0. The van der Waals surface area contributed by atoms with Crippen molar-refractivity contribution < 1.29 is 0 Å². The topological polar surface area (TPSA) is 48.5 Å². The zero-order valence-corrected chi connectivity index (χ0v) is 33.4. The highest BCUT2D eigenvalue weighted by molar-refractivity contribution is 6.28. The van der Waals surface area contributed by atoms with Crippen molar-refractivity contribution in [2.75, 3.05) is 0 Å². The SMILES string of the molecule is c1ccc(-c2nc(-c3ccccc3)nc(-c3cc(-n4c5ccccc5c5cc(-n6c7ccccc7c7ccccc76)ccc54)c4c5ccccc5c5ccccc5c4c3)n2)cc1. The molecule has 0 saturated heterocycles. The van der Waals surface area contributed by atoms with Crippen LogP contribution in [0.25, 0.3) is 121 Å². The van der Waals surface area contributed by atoms with Crippen LogP contribution in [0.3, 0.4) is 0 Å². The first-order valence-corrected chi connectivity index (χ1v) is 21.0. The van der Waals surface area contributed by atoms with Crippen molar-refractivity contribution >= 4 is 75.9 Å². The summed E-state index contributed by atoms with van der Waals surface area (Å²) in [4.78, 5) is 15.5. The predicted molar refractivity (Wildman–Crippen MR) is 257 cm³/mol. The van der Waals surface area contributed by atoms with E-state index in [9.17, 15) is 0 Å². The van der Waals surface area contributed by atoms with Crippen LogP contribution in [-0.4, -0.2) is 24.1 Å². The summed E-state index contributed by atoms with van der Waals surface area (Å²) in [7, 11) is 0. The van der Waals surface area contributed by atoms with E-state index in [1.807, 2.05) is 36.4 Å². The van der Waals surface area contributed by atoms with Crippen LogP contribution in [-0.2, 0) is 0 Å². The van der Waals surface area contributed by atoms with Gasteiger partial charge < -0.3 is 9.13 Å². The van der Waals surface area contributed by atoms with Crippen molar-refractivity contribution in [1.82, 2.24) is 24.1 Å². The molecule has 288 valence electrons. The third kappa shape index (κ3) is 5.18. The van der Waals surface area contributed by atoms with Crippen molar-refractivity contribution in [2.24, 2.45) is 0 Å². The number of fused-ring (bicyclic) bond motifs is 12. The van der Waals surface area contributed by atoms with E-state index in [2.05, 4.69) is 185 Å². The smallest absolute Gasteiger partial charge is 0.164 e. The maximum absolute atomic E-state index is 5.25. The molecule has 62 heavy (non-hydrogen) atoms. The monoisotopic (exact) mass is 789 g/mol. The van der Waals surface area contributed by atoms with Crippen LogP contribution in [0.4, 0.5) is 0 Å². The molecule has 3 aromatic heterocycles. The van der Waals surface area contributed by atoms with Gasteiger partial charge in [-0.05, 0) is 75.5 Å². The van der Waals surface area contributed by atoms with E-state index < -0.39 is 0 Å². The molecule has 0 fully saturated rings. The lowest BCUT2D eigenvalue weighted by atomic mass is 9.91. The fourth-order valence-corrected chi connectivity index (χ4v) is 9.81. The maximum Gasteiger partial charge on any atom is 0.164 e. The average Bonchev–Trinajstić information content (AvgIpc) is 3.86. The van der Waals surface area contributed by atoms with E-state index in [1.165, 1.54) is 59.5 Å². The molecular formula is C57H35N5. The molecule has 0 aliphatic carbocycles. The molecule has 5 heteroatoms. The number of hydrogen-bond donors (Lipinski definition) is 0. The van der Waals surface area contributed by atoms with Gasteiger partial charge in [0, 0.05) is 49.3 Å². The summed E-state index contributed by atoms with van der Waals surface area (Å²) in [5.41, 5.74) is 9.61. The van der Waals surface area contributed by atoms with Gasteiger partial charge in [0.25, 0.3) is 0 Å². The number of nitrogens with zero attached hydrogens (tertiary/aromatic N) is 5. The fraction of sp³-hybridized carbons (Fsp3) is 0. The number of para-hydroxylation sites is 3. The molecule has 13 rings (SSSR count). The molecule has 0 aliphatic heterocycles. The van der Waals surface area contributed by atoms with Crippen molar-refractivity contribution in [2.45, 2.75) is 0 Å². The Morgan fingerprint density at radius 2 is 0.661 bits per heavy atom. The third-order valence-corrected chi connectivity index (χ3v) is 12.5. The lowest BCUT2D eigenvalue weighted by molar-refractivity contribution is 1.07. The minimum absolute atomic E-state index is 0.618. The summed E-state index contributed by atoms with van der Waals surface area (Å²) in [6, 6.07) is 75.8.